The lowest BCUT2D eigenvalue weighted by Gasteiger charge is -2.18. The number of ether oxygens (including phenoxy) is 1. The molecule has 1 N–H and O–H groups in total. The monoisotopic (exact) mass is 370 g/mol. The van der Waals surface area contributed by atoms with E-state index in [2.05, 4.69) is 10.1 Å². The van der Waals surface area contributed by atoms with Gasteiger partial charge in [0, 0.05) is 31.6 Å². The molecule has 140 valence electrons. The van der Waals surface area contributed by atoms with E-state index in [0.717, 1.165) is 0 Å². The molecule has 0 aromatic heterocycles. The number of methoxy groups -OCH3 is 1. The van der Waals surface area contributed by atoms with Crippen LogP contribution in [0, 0.1) is 0 Å². The molecular weight excluding hydrogens is 344 g/mol. The molecule has 0 bridgehead atoms. The Bertz CT molecular complexity index is 667. The maximum Gasteiger partial charge on any atom is 0.305 e. The Morgan fingerprint density at radius 1 is 1.08 bits per heavy atom. The predicted octanol–water partition coefficient (Wildman–Crippen LogP) is 1.79. The topological polar surface area (TPSA) is 92.8 Å². The Balaban J connectivity index is 2.58. The quantitative estimate of drug-likeness (QED) is 0.501. The number of carbonyl (C=O) groups excluding carboxylic acids is 2. The number of carbonyl (C=O) groups is 2. The molecule has 0 aliphatic heterocycles. The van der Waals surface area contributed by atoms with Crippen molar-refractivity contribution in [2.45, 2.75) is 38.0 Å². The minimum Gasteiger partial charge on any atom is -0.469 e. The van der Waals surface area contributed by atoms with Gasteiger partial charge in [0.2, 0.25) is 10.0 Å². The van der Waals surface area contributed by atoms with E-state index in [1.54, 1.807) is 13.8 Å². The summed E-state index contributed by atoms with van der Waals surface area (Å²) in [5.74, 6) is -0.541. The van der Waals surface area contributed by atoms with E-state index in [-0.39, 0.29) is 16.8 Å². The molecule has 8 heteroatoms. The summed E-state index contributed by atoms with van der Waals surface area (Å²) in [7, 11) is -2.18. The van der Waals surface area contributed by atoms with E-state index in [0.29, 0.717) is 44.5 Å². The summed E-state index contributed by atoms with van der Waals surface area (Å²) in [5, 5.41) is 2.74. The number of esters is 1. The molecule has 0 spiro atoms. The van der Waals surface area contributed by atoms with Crippen LogP contribution in [0.4, 0.5) is 0 Å². The van der Waals surface area contributed by atoms with E-state index in [1.165, 1.54) is 35.7 Å². The Kier molecular flexibility index (Phi) is 8.57. The van der Waals surface area contributed by atoms with Gasteiger partial charge in [-0.2, -0.15) is 4.31 Å². The Hall–Kier alpha value is -1.93. The van der Waals surface area contributed by atoms with Crippen molar-refractivity contribution in [1.29, 1.82) is 0 Å². The fourth-order valence-corrected chi connectivity index (χ4v) is 3.75. The standard InChI is InChI=1S/C17H26N2O5S/c1-4-19(5-2)25(22,23)15-11-9-14(10-12-15)17(21)18-13-7-6-8-16(20)24-3/h9-12H,4-8,13H2,1-3H3,(H,18,21). The summed E-state index contributed by atoms with van der Waals surface area (Å²) in [6, 6.07) is 5.89. The molecular formula is C17H26N2O5S. The number of sulfonamides is 1. The van der Waals surface area contributed by atoms with Crippen molar-refractivity contribution in [1.82, 2.24) is 9.62 Å². The first-order chi connectivity index (χ1) is 11.9. The summed E-state index contributed by atoms with van der Waals surface area (Å²) in [5.41, 5.74) is 0.395. The maximum absolute atomic E-state index is 12.4. The van der Waals surface area contributed by atoms with Crippen molar-refractivity contribution in [3.05, 3.63) is 29.8 Å². The molecule has 0 atom stereocenters. The largest absolute Gasteiger partial charge is 0.469 e. The Morgan fingerprint density at radius 2 is 1.68 bits per heavy atom. The molecule has 0 fully saturated rings. The predicted molar refractivity (Wildman–Crippen MR) is 94.7 cm³/mol. The van der Waals surface area contributed by atoms with Crippen molar-refractivity contribution in [2.24, 2.45) is 0 Å². The molecule has 0 aliphatic rings. The van der Waals surface area contributed by atoms with Crippen LogP contribution in [0.15, 0.2) is 29.2 Å². The zero-order valence-electron chi connectivity index (χ0n) is 14.9. The van der Waals surface area contributed by atoms with Crippen LogP contribution in [0.5, 0.6) is 0 Å². The average Bonchev–Trinajstić information content (AvgIpc) is 2.61. The summed E-state index contributed by atoms with van der Waals surface area (Å²) in [6.45, 7) is 4.79. The van der Waals surface area contributed by atoms with Gasteiger partial charge in [0.25, 0.3) is 5.91 Å². The maximum atomic E-state index is 12.4. The van der Waals surface area contributed by atoms with Crippen molar-refractivity contribution >= 4 is 21.9 Å². The second kappa shape index (κ2) is 10.1. The molecule has 0 heterocycles. The van der Waals surface area contributed by atoms with Gasteiger partial charge in [0.15, 0.2) is 0 Å². The first-order valence-electron chi connectivity index (χ1n) is 8.32. The zero-order chi connectivity index (χ0) is 18.9. The van der Waals surface area contributed by atoms with E-state index in [9.17, 15) is 18.0 Å². The van der Waals surface area contributed by atoms with E-state index < -0.39 is 10.0 Å². The third-order valence-corrected chi connectivity index (χ3v) is 5.84. The van der Waals surface area contributed by atoms with Crippen molar-refractivity contribution < 1.29 is 22.7 Å². The van der Waals surface area contributed by atoms with Gasteiger partial charge in [0.05, 0.1) is 12.0 Å². The normalized spacial score (nSPS) is 11.4. The van der Waals surface area contributed by atoms with Crippen molar-refractivity contribution in [3.8, 4) is 0 Å². The second-order valence-corrected chi connectivity index (χ2v) is 7.34. The fourth-order valence-electron chi connectivity index (χ4n) is 2.29. The summed E-state index contributed by atoms with van der Waals surface area (Å²) in [6.07, 6.45) is 1.62. The lowest BCUT2D eigenvalue weighted by molar-refractivity contribution is -0.140. The third kappa shape index (κ3) is 6.13. The molecule has 1 aromatic carbocycles. The van der Waals surface area contributed by atoms with Crippen LogP contribution in [-0.4, -0.2) is 51.3 Å². The first kappa shape index (κ1) is 21.1. The highest BCUT2D eigenvalue weighted by molar-refractivity contribution is 7.89. The van der Waals surface area contributed by atoms with Gasteiger partial charge in [0.1, 0.15) is 0 Å². The zero-order valence-corrected chi connectivity index (χ0v) is 15.8. The van der Waals surface area contributed by atoms with Crippen LogP contribution in [0.25, 0.3) is 0 Å². The highest BCUT2D eigenvalue weighted by atomic mass is 32.2. The molecule has 0 unspecified atom stereocenters. The minimum absolute atomic E-state index is 0.172. The smallest absolute Gasteiger partial charge is 0.305 e. The number of amides is 1. The van der Waals surface area contributed by atoms with Crippen LogP contribution in [0.2, 0.25) is 0 Å². The molecule has 1 aromatic rings. The number of hydrogen-bond donors (Lipinski definition) is 1. The highest BCUT2D eigenvalue weighted by Crippen LogP contribution is 2.16. The third-order valence-electron chi connectivity index (χ3n) is 3.78. The lowest BCUT2D eigenvalue weighted by Crippen LogP contribution is -2.30. The van der Waals surface area contributed by atoms with Crippen LogP contribution in [-0.2, 0) is 19.6 Å². The molecule has 1 amide bonds. The Morgan fingerprint density at radius 3 is 2.20 bits per heavy atom. The number of benzene rings is 1. The van der Waals surface area contributed by atoms with Gasteiger partial charge in [-0.05, 0) is 37.1 Å². The average molecular weight is 370 g/mol. The number of rotatable bonds is 10. The minimum atomic E-state index is -3.52. The summed E-state index contributed by atoms with van der Waals surface area (Å²) >= 11 is 0. The lowest BCUT2D eigenvalue weighted by atomic mass is 10.2. The SMILES string of the molecule is CCN(CC)S(=O)(=O)c1ccc(C(=O)NCCCCC(=O)OC)cc1. The first-order valence-corrected chi connectivity index (χ1v) is 9.76. The van der Waals surface area contributed by atoms with E-state index in [1.807, 2.05) is 0 Å². The summed E-state index contributed by atoms with van der Waals surface area (Å²) < 4.78 is 30.7. The van der Waals surface area contributed by atoms with Gasteiger partial charge in [-0.25, -0.2) is 8.42 Å². The Labute approximate surface area is 149 Å². The molecule has 25 heavy (non-hydrogen) atoms. The summed E-state index contributed by atoms with van der Waals surface area (Å²) in [4.78, 5) is 23.2. The second-order valence-electron chi connectivity index (χ2n) is 5.40. The van der Waals surface area contributed by atoms with Crippen LogP contribution < -0.4 is 5.32 Å². The molecule has 0 radical (unpaired) electrons. The molecule has 1 rings (SSSR count). The number of nitrogens with zero attached hydrogens (tertiary/aromatic N) is 1. The van der Waals surface area contributed by atoms with Gasteiger partial charge < -0.3 is 10.1 Å². The van der Waals surface area contributed by atoms with Gasteiger partial charge >= 0.3 is 5.97 Å². The fraction of sp³-hybridized carbons (Fsp3) is 0.529. The van der Waals surface area contributed by atoms with Gasteiger partial charge in [-0.1, -0.05) is 13.8 Å². The van der Waals surface area contributed by atoms with Crippen LogP contribution in [0.3, 0.4) is 0 Å². The molecule has 0 saturated carbocycles. The molecule has 0 saturated heterocycles. The molecule has 0 aliphatic carbocycles. The van der Waals surface area contributed by atoms with Crippen LogP contribution >= 0.6 is 0 Å². The highest BCUT2D eigenvalue weighted by Gasteiger charge is 2.21. The number of unbranched alkanes of at least 4 members (excludes halogenated alkanes) is 1. The van der Waals surface area contributed by atoms with Crippen LogP contribution in [0.1, 0.15) is 43.5 Å². The van der Waals surface area contributed by atoms with Gasteiger partial charge in [-0.15, -0.1) is 0 Å². The van der Waals surface area contributed by atoms with E-state index in [4.69, 9.17) is 0 Å². The number of hydrogen-bond acceptors (Lipinski definition) is 5. The van der Waals surface area contributed by atoms with E-state index >= 15 is 0 Å². The number of nitrogens with one attached hydrogen (secondary N) is 1. The van der Waals surface area contributed by atoms with Gasteiger partial charge in [-0.3, -0.25) is 9.59 Å². The molecule has 7 nitrogen and oxygen atoms in total. The van der Waals surface area contributed by atoms with Crippen molar-refractivity contribution in [3.63, 3.8) is 0 Å². The van der Waals surface area contributed by atoms with Crippen molar-refractivity contribution in [2.75, 3.05) is 26.7 Å².